The van der Waals surface area contributed by atoms with Crippen LogP contribution in [0.1, 0.15) is 22.4 Å². The van der Waals surface area contributed by atoms with Crippen molar-refractivity contribution in [3.05, 3.63) is 40.3 Å². The summed E-state index contributed by atoms with van der Waals surface area (Å²) in [7, 11) is 1.80. The van der Waals surface area contributed by atoms with E-state index < -0.39 is 0 Å². The number of aryl methyl sites for hydroxylation is 1. The lowest BCUT2D eigenvalue weighted by Gasteiger charge is -2.14. The van der Waals surface area contributed by atoms with Gasteiger partial charge in [-0.15, -0.1) is 23.1 Å². The van der Waals surface area contributed by atoms with Crippen LogP contribution in [0.5, 0.6) is 0 Å². The number of thiophene rings is 1. The van der Waals surface area contributed by atoms with Crippen molar-refractivity contribution < 1.29 is 14.5 Å². The summed E-state index contributed by atoms with van der Waals surface area (Å²) in [5, 5.41) is 15.8. The van der Waals surface area contributed by atoms with Gasteiger partial charge in [0, 0.05) is 9.77 Å². The summed E-state index contributed by atoms with van der Waals surface area (Å²) in [6.07, 6.45) is 4.93. The molecule has 0 fully saturated rings. The molecule has 3 rings (SSSR count). The normalized spacial score (nSPS) is 13.5. The highest BCUT2D eigenvalue weighted by Crippen LogP contribution is 2.38. The van der Waals surface area contributed by atoms with Crippen LogP contribution in [0.25, 0.3) is 0 Å². The molecule has 2 aromatic rings. The number of quaternary nitrogens is 1. The van der Waals surface area contributed by atoms with Crippen molar-refractivity contribution in [1.29, 1.82) is 5.26 Å². The van der Waals surface area contributed by atoms with E-state index >= 15 is 0 Å². The fourth-order valence-electron chi connectivity index (χ4n) is 3.33. The van der Waals surface area contributed by atoms with Gasteiger partial charge >= 0.3 is 0 Å². The number of likely N-dealkylation sites (N-methyl/N-ethyl adjacent to an activating group) is 1. The Morgan fingerprint density at radius 3 is 2.64 bits per heavy atom. The van der Waals surface area contributed by atoms with Crippen LogP contribution in [0.15, 0.2) is 29.2 Å². The van der Waals surface area contributed by atoms with Gasteiger partial charge in [-0.2, -0.15) is 5.26 Å². The first-order valence-electron chi connectivity index (χ1n) is 9.10. The summed E-state index contributed by atoms with van der Waals surface area (Å²) < 4.78 is 0. The minimum atomic E-state index is -0.189. The van der Waals surface area contributed by atoms with E-state index in [1.54, 1.807) is 18.8 Å². The van der Waals surface area contributed by atoms with Crippen molar-refractivity contribution in [2.45, 2.75) is 24.2 Å². The van der Waals surface area contributed by atoms with Gasteiger partial charge in [-0.3, -0.25) is 9.59 Å². The maximum absolute atomic E-state index is 12.4. The third-order valence-corrected chi connectivity index (χ3v) is 6.59. The summed E-state index contributed by atoms with van der Waals surface area (Å²) in [5.74, 6) is -0.328. The van der Waals surface area contributed by atoms with Crippen molar-refractivity contribution in [1.82, 2.24) is 0 Å². The number of thioether (sulfide) groups is 1. The Labute approximate surface area is 172 Å². The summed E-state index contributed by atoms with van der Waals surface area (Å²) in [6, 6.07) is 9.86. The zero-order chi connectivity index (χ0) is 20.1. The fourth-order valence-corrected chi connectivity index (χ4v) is 5.14. The number of anilines is 2. The molecule has 3 N–H and O–H groups in total. The van der Waals surface area contributed by atoms with Crippen LogP contribution in [0, 0.1) is 11.3 Å². The number of nitrogens with one attached hydrogen (secondary N) is 3. The molecule has 8 heteroatoms. The van der Waals surface area contributed by atoms with Gasteiger partial charge in [0.25, 0.3) is 11.8 Å². The number of benzene rings is 1. The number of nitrogens with zero attached hydrogens (tertiary/aromatic N) is 1. The van der Waals surface area contributed by atoms with Crippen LogP contribution in [-0.4, -0.2) is 38.2 Å². The third kappa shape index (κ3) is 4.73. The molecule has 1 aliphatic carbocycles. The van der Waals surface area contributed by atoms with E-state index in [0.29, 0.717) is 10.6 Å². The van der Waals surface area contributed by atoms with Crippen molar-refractivity contribution in [3.63, 3.8) is 0 Å². The molecule has 1 unspecified atom stereocenters. The number of nitriles is 1. The second-order valence-corrected chi connectivity index (χ2v) is 8.73. The number of para-hydroxylation sites is 1. The molecule has 2 amide bonds. The van der Waals surface area contributed by atoms with Crippen LogP contribution < -0.4 is 15.5 Å². The molecule has 1 aromatic heterocycles. The van der Waals surface area contributed by atoms with Crippen LogP contribution >= 0.6 is 23.1 Å². The summed E-state index contributed by atoms with van der Waals surface area (Å²) in [4.78, 5) is 27.7. The van der Waals surface area contributed by atoms with E-state index in [1.807, 2.05) is 30.5 Å². The zero-order valence-corrected chi connectivity index (χ0v) is 17.6. The van der Waals surface area contributed by atoms with Crippen molar-refractivity contribution >= 4 is 45.6 Å². The average Bonchev–Trinajstić information content (AvgIpc) is 3.22. The lowest BCUT2D eigenvalue weighted by molar-refractivity contribution is -0.862. The third-order valence-electron chi connectivity index (χ3n) is 4.59. The van der Waals surface area contributed by atoms with Gasteiger partial charge in [-0.1, -0.05) is 12.1 Å². The molecule has 146 valence electrons. The molecule has 0 bridgehead atoms. The lowest BCUT2D eigenvalue weighted by Crippen LogP contribution is -3.11. The molecule has 0 radical (unpaired) electrons. The highest BCUT2D eigenvalue weighted by molar-refractivity contribution is 7.98. The molecule has 28 heavy (non-hydrogen) atoms. The van der Waals surface area contributed by atoms with Crippen LogP contribution in [0.4, 0.5) is 10.7 Å². The average molecular weight is 416 g/mol. The van der Waals surface area contributed by atoms with Gasteiger partial charge in [0.05, 0.1) is 18.3 Å². The Balaban J connectivity index is 1.53. The lowest BCUT2D eigenvalue weighted by atomic mass is 10.1. The SMILES string of the molecule is CSc1ccccc1NC(=O)C[NH+](C)CC(=O)Nc1sc2c(c1C#N)CCC2. The second kappa shape index (κ2) is 9.24. The number of rotatable bonds is 7. The van der Waals surface area contributed by atoms with Gasteiger partial charge in [0.2, 0.25) is 0 Å². The monoisotopic (exact) mass is 415 g/mol. The van der Waals surface area contributed by atoms with Crippen LogP contribution in [0.3, 0.4) is 0 Å². The molecule has 1 atom stereocenters. The number of carbonyl (C=O) groups is 2. The van der Waals surface area contributed by atoms with Gasteiger partial charge < -0.3 is 15.5 Å². The van der Waals surface area contributed by atoms with E-state index in [0.717, 1.165) is 40.3 Å². The van der Waals surface area contributed by atoms with E-state index in [-0.39, 0.29) is 24.9 Å². The number of hydrogen-bond donors (Lipinski definition) is 3. The first-order chi connectivity index (χ1) is 13.5. The molecular formula is C20H23N4O2S2+. The summed E-state index contributed by atoms with van der Waals surface area (Å²) in [6.45, 7) is 0.340. The Morgan fingerprint density at radius 1 is 1.21 bits per heavy atom. The first kappa shape index (κ1) is 20.4. The molecular weight excluding hydrogens is 392 g/mol. The van der Waals surface area contributed by atoms with Gasteiger partial charge in [-0.25, -0.2) is 0 Å². The minimum Gasteiger partial charge on any atom is -0.322 e. The minimum absolute atomic E-state index is 0.139. The molecule has 0 saturated heterocycles. The Bertz CT molecular complexity index is 933. The number of amides is 2. The largest absolute Gasteiger partial charge is 0.322 e. The van der Waals surface area contributed by atoms with Gasteiger partial charge in [0.15, 0.2) is 13.1 Å². The van der Waals surface area contributed by atoms with Crippen molar-refractivity contribution in [2.75, 3.05) is 37.0 Å². The van der Waals surface area contributed by atoms with Crippen molar-refractivity contribution in [3.8, 4) is 6.07 Å². The molecule has 0 saturated carbocycles. The fraction of sp³-hybridized carbons (Fsp3) is 0.350. The van der Waals surface area contributed by atoms with Crippen molar-refractivity contribution in [2.24, 2.45) is 0 Å². The van der Waals surface area contributed by atoms with E-state index in [4.69, 9.17) is 0 Å². The zero-order valence-electron chi connectivity index (χ0n) is 15.9. The summed E-state index contributed by atoms with van der Waals surface area (Å²) >= 11 is 3.07. The van der Waals surface area contributed by atoms with E-state index in [1.165, 1.54) is 16.2 Å². The van der Waals surface area contributed by atoms with Gasteiger partial charge in [-0.05, 0) is 43.2 Å². The highest BCUT2D eigenvalue weighted by atomic mass is 32.2. The molecule has 6 nitrogen and oxygen atoms in total. The number of carbonyl (C=O) groups excluding carboxylic acids is 2. The molecule has 0 aliphatic heterocycles. The maximum Gasteiger partial charge on any atom is 0.280 e. The predicted molar refractivity (Wildman–Crippen MR) is 113 cm³/mol. The highest BCUT2D eigenvalue weighted by Gasteiger charge is 2.24. The first-order valence-corrected chi connectivity index (χ1v) is 11.1. The Hall–Kier alpha value is -2.34. The molecule has 1 aromatic carbocycles. The second-order valence-electron chi connectivity index (χ2n) is 6.78. The van der Waals surface area contributed by atoms with Crippen LogP contribution in [-0.2, 0) is 22.4 Å². The molecule has 0 spiro atoms. The quantitative estimate of drug-likeness (QED) is 0.603. The van der Waals surface area contributed by atoms with Gasteiger partial charge in [0.1, 0.15) is 11.1 Å². The van der Waals surface area contributed by atoms with Crippen LogP contribution in [0.2, 0.25) is 0 Å². The Kier molecular flexibility index (Phi) is 6.73. The summed E-state index contributed by atoms with van der Waals surface area (Å²) in [5.41, 5.74) is 2.48. The maximum atomic E-state index is 12.4. The predicted octanol–water partition coefficient (Wildman–Crippen LogP) is 1.92. The number of fused-ring (bicyclic) bond motifs is 1. The standard InChI is InChI=1S/C20H22N4O2S2/c1-24(11-18(25)22-15-7-3-4-8-17(15)27-2)12-19(26)23-20-14(10-21)13-6-5-9-16(13)28-20/h3-4,7-8H,5-6,9,11-12H2,1-2H3,(H,22,25)(H,23,26)/p+1. The smallest absolute Gasteiger partial charge is 0.280 e. The Morgan fingerprint density at radius 2 is 1.93 bits per heavy atom. The number of hydrogen-bond acceptors (Lipinski definition) is 5. The molecule has 1 heterocycles. The van der Waals surface area contributed by atoms with E-state index in [2.05, 4.69) is 16.7 Å². The van der Waals surface area contributed by atoms with E-state index in [9.17, 15) is 14.9 Å². The topological polar surface area (TPSA) is 86.4 Å². The molecule has 1 aliphatic rings.